The molecule has 1 heterocycles. The molecule has 0 saturated carbocycles. The van der Waals surface area contributed by atoms with Crippen molar-refractivity contribution in [2.24, 2.45) is 0 Å². The van der Waals surface area contributed by atoms with E-state index < -0.39 is 17.7 Å². The molecule has 0 aromatic carbocycles. The first-order valence-corrected chi connectivity index (χ1v) is 7.84. The largest absolute Gasteiger partial charge is 0.497 e. The molecule has 0 bridgehead atoms. The van der Waals surface area contributed by atoms with Gasteiger partial charge in [0.2, 0.25) is 5.60 Å². The van der Waals surface area contributed by atoms with Crippen LogP contribution in [-0.2, 0) is 23.9 Å². The van der Waals surface area contributed by atoms with Crippen molar-refractivity contribution in [1.82, 2.24) is 0 Å². The summed E-state index contributed by atoms with van der Waals surface area (Å²) in [5, 5.41) is 10.9. The van der Waals surface area contributed by atoms with E-state index in [9.17, 15) is 19.5 Å². The lowest BCUT2D eigenvalue weighted by Gasteiger charge is -2.33. The fourth-order valence-corrected chi connectivity index (χ4v) is 2.85. The summed E-state index contributed by atoms with van der Waals surface area (Å²) in [5.74, 6) is -1.20. The molecule has 0 aromatic rings. The Labute approximate surface area is 135 Å². The molecule has 0 aromatic heterocycles. The predicted octanol–water partition coefficient (Wildman–Crippen LogP) is 1.61. The Bertz CT molecular complexity index is 574. The number of esters is 1. The van der Waals surface area contributed by atoms with Crippen molar-refractivity contribution in [3.63, 3.8) is 0 Å². The number of ketones is 2. The lowest BCUT2D eigenvalue weighted by atomic mass is 9.82. The highest BCUT2D eigenvalue weighted by Gasteiger charge is 2.49. The van der Waals surface area contributed by atoms with Crippen LogP contribution in [-0.4, -0.2) is 41.5 Å². The van der Waals surface area contributed by atoms with Crippen LogP contribution in [0, 0.1) is 0 Å². The third-order valence-electron chi connectivity index (χ3n) is 4.22. The molecule has 126 valence electrons. The van der Waals surface area contributed by atoms with Crippen molar-refractivity contribution in [2.75, 3.05) is 7.11 Å². The van der Waals surface area contributed by atoms with Gasteiger partial charge in [0.25, 0.3) is 0 Å². The lowest BCUT2D eigenvalue weighted by Crippen LogP contribution is -2.47. The van der Waals surface area contributed by atoms with Crippen LogP contribution in [0.2, 0.25) is 0 Å². The highest BCUT2D eigenvalue weighted by Crippen LogP contribution is 2.35. The van der Waals surface area contributed by atoms with Crippen molar-refractivity contribution in [1.29, 1.82) is 0 Å². The number of aliphatic hydroxyl groups is 1. The molecule has 1 N–H and O–H groups in total. The zero-order valence-electron chi connectivity index (χ0n) is 13.5. The number of carbonyl (C=O) groups excluding carboxylic acids is 3. The minimum atomic E-state index is -2.07. The average Bonchev–Trinajstić information content (AvgIpc) is 2.51. The van der Waals surface area contributed by atoms with Crippen molar-refractivity contribution >= 4 is 17.5 Å². The minimum absolute atomic E-state index is 0.120. The number of methoxy groups -OCH3 is 1. The van der Waals surface area contributed by atoms with Gasteiger partial charge >= 0.3 is 5.97 Å². The zero-order valence-corrected chi connectivity index (χ0v) is 13.5. The molecule has 1 fully saturated rings. The normalized spacial score (nSPS) is 30.2. The first kappa shape index (κ1) is 17.4. The van der Waals surface area contributed by atoms with E-state index in [-0.39, 0.29) is 22.9 Å². The van der Waals surface area contributed by atoms with Crippen LogP contribution in [0.4, 0.5) is 0 Å². The molecule has 1 aliphatic carbocycles. The van der Waals surface area contributed by atoms with Gasteiger partial charge in [-0.15, -0.1) is 0 Å². The van der Waals surface area contributed by atoms with Crippen molar-refractivity contribution < 1.29 is 29.0 Å². The number of allylic oxidation sites excluding steroid dienone is 2. The maximum Gasteiger partial charge on any atom is 0.350 e. The van der Waals surface area contributed by atoms with Gasteiger partial charge < -0.3 is 14.6 Å². The number of cyclic esters (lactones) is 1. The van der Waals surface area contributed by atoms with E-state index in [1.807, 2.05) is 0 Å². The predicted molar refractivity (Wildman–Crippen MR) is 81.4 cm³/mol. The smallest absolute Gasteiger partial charge is 0.350 e. The van der Waals surface area contributed by atoms with Crippen molar-refractivity contribution in [2.45, 2.75) is 57.2 Å². The Morgan fingerprint density at radius 2 is 1.87 bits per heavy atom. The van der Waals surface area contributed by atoms with Crippen molar-refractivity contribution in [3.05, 3.63) is 23.5 Å². The monoisotopic (exact) mass is 322 g/mol. The second-order valence-electron chi connectivity index (χ2n) is 6.00. The third kappa shape index (κ3) is 3.69. The summed E-state index contributed by atoms with van der Waals surface area (Å²) in [6.07, 6.45) is 4.61. The summed E-state index contributed by atoms with van der Waals surface area (Å²) in [5.41, 5.74) is -1.81. The van der Waals surface area contributed by atoms with Crippen LogP contribution >= 0.6 is 0 Å². The number of fused-ring (bicyclic) bond motifs is 1. The van der Waals surface area contributed by atoms with E-state index in [1.54, 1.807) is 6.92 Å². The van der Waals surface area contributed by atoms with Crippen LogP contribution in [0.1, 0.15) is 45.4 Å². The molecule has 6 heteroatoms. The van der Waals surface area contributed by atoms with Gasteiger partial charge in [0.15, 0.2) is 5.78 Å². The molecule has 0 spiro atoms. The Morgan fingerprint density at radius 1 is 1.17 bits per heavy atom. The Hall–Kier alpha value is -1.95. The first-order chi connectivity index (χ1) is 10.9. The molecule has 1 saturated heterocycles. The van der Waals surface area contributed by atoms with Crippen LogP contribution in [0.25, 0.3) is 0 Å². The van der Waals surface area contributed by atoms with Crippen LogP contribution in [0.15, 0.2) is 23.5 Å². The van der Waals surface area contributed by atoms with E-state index in [4.69, 9.17) is 9.47 Å². The Morgan fingerprint density at radius 3 is 2.57 bits per heavy atom. The SMILES string of the molecule is COC1=CC(=O)C=C2CCCCC(=O)CC[C@@H](C)OC(=O)[C@@]21O. The third-order valence-corrected chi connectivity index (χ3v) is 4.22. The maximum atomic E-state index is 12.5. The molecule has 1 aliphatic heterocycles. The Balaban J connectivity index is 2.35. The maximum absolute atomic E-state index is 12.5. The Kier molecular flexibility index (Phi) is 5.36. The summed E-state index contributed by atoms with van der Waals surface area (Å²) in [7, 11) is 1.30. The second kappa shape index (κ2) is 7.08. The van der Waals surface area contributed by atoms with E-state index >= 15 is 0 Å². The number of hydrogen-bond acceptors (Lipinski definition) is 6. The highest BCUT2D eigenvalue weighted by molar-refractivity contribution is 6.05. The van der Waals surface area contributed by atoms with Gasteiger partial charge in [-0.1, -0.05) is 0 Å². The van der Waals surface area contributed by atoms with Gasteiger partial charge in [0.1, 0.15) is 11.5 Å². The first-order valence-electron chi connectivity index (χ1n) is 7.84. The van der Waals surface area contributed by atoms with E-state index in [0.717, 1.165) is 6.08 Å². The van der Waals surface area contributed by atoms with E-state index in [1.165, 1.54) is 13.2 Å². The topological polar surface area (TPSA) is 89.9 Å². The standard InChI is InChI=1S/C17H22O6/c1-11-7-8-13(18)6-4-3-5-12-9-14(19)10-15(22-2)17(12,21)16(20)23-11/h9-11,21H,3-8H2,1-2H3/t11-,17-/m1/s1. The number of Topliss-reactive ketones (excluding diaryl/α,β-unsaturated/α-hetero) is 1. The highest BCUT2D eigenvalue weighted by atomic mass is 16.6. The van der Waals surface area contributed by atoms with Gasteiger partial charge in [0.05, 0.1) is 13.2 Å². The minimum Gasteiger partial charge on any atom is -0.497 e. The summed E-state index contributed by atoms with van der Waals surface area (Å²) in [4.78, 5) is 36.0. The molecular weight excluding hydrogens is 300 g/mol. The number of hydrogen-bond donors (Lipinski definition) is 1. The molecule has 0 radical (unpaired) electrons. The van der Waals surface area contributed by atoms with Gasteiger partial charge in [0, 0.05) is 18.9 Å². The molecular formula is C17H22O6. The van der Waals surface area contributed by atoms with Gasteiger partial charge in [-0.3, -0.25) is 9.59 Å². The number of rotatable bonds is 1. The van der Waals surface area contributed by atoms with Crippen LogP contribution in [0.5, 0.6) is 0 Å². The van der Waals surface area contributed by atoms with E-state index in [0.29, 0.717) is 38.5 Å². The number of ether oxygens (including phenoxy) is 2. The second-order valence-corrected chi connectivity index (χ2v) is 6.00. The molecule has 6 nitrogen and oxygen atoms in total. The molecule has 0 amide bonds. The fourth-order valence-electron chi connectivity index (χ4n) is 2.85. The van der Waals surface area contributed by atoms with Crippen molar-refractivity contribution in [3.8, 4) is 0 Å². The lowest BCUT2D eigenvalue weighted by molar-refractivity contribution is -0.166. The molecule has 0 unspecified atom stereocenters. The average molecular weight is 322 g/mol. The summed E-state index contributed by atoms with van der Waals surface area (Å²) >= 11 is 0. The molecule has 23 heavy (non-hydrogen) atoms. The molecule has 2 aliphatic rings. The van der Waals surface area contributed by atoms with Crippen LogP contribution in [0.3, 0.4) is 0 Å². The summed E-state index contributed by atoms with van der Waals surface area (Å²) in [6, 6.07) is 0. The molecule has 2 rings (SSSR count). The number of carbonyl (C=O) groups is 3. The van der Waals surface area contributed by atoms with Crippen LogP contribution < -0.4 is 0 Å². The zero-order chi connectivity index (χ0) is 17.0. The fraction of sp³-hybridized carbons (Fsp3) is 0.588. The van der Waals surface area contributed by atoms with Gasteiger partial charge in [-0.25, -0.2) is 4.79 Å². The summed E-state index contributed by atoms with van der Waals surface area (Å²) < 4.78 is 10.4. The van der Waals surface area contributed by atoms with E-state index in [2.05, 4.69) is 0 Å². The molecule has 2 atom stereocenters. The van der Waals surface area contributed by atoms with Gasteiger partial charge in [-0.05, 0) is 44.3 Å². The van der Waals surface area contributed by atoms with Gasteiger partial charge in [-0.2, -0.15) is 0 Å². The quantitative estimate of drug-likeness (QED) is 0.738. The summed E-state index contributed by atoms with van der Waals surface area (Å²) in [6.45, 7) is 1.67.